The molecule has 1 amide bonds. The molecule has 0 aliphatic heterocycles. The van der Waals surface area contributed by atoms with Crippen LogP contribution in [0.4, 0.5) is 0 Å². The number of nitrogens with one attached hydrogen (secondary N) is 2. The lowest BCUT2D eigenvalue weighted by Gasteiger charge is -2.11. The molecular formula is C10H18N4O2. The lowest BCUT2D eigenvalue weighted by molar-refractivity contribution is -0.121. The van der Waals surface area contributed by atoms with Gasteiger partial charge in [-0.3, -0.25) is 4.79 Å². The summed E-state index contributed by atoms with van der Waals surface area (Å²) in [7, 11) is 0. The molecule has 1 rings (SSSR count). The summed E-state index contributed by atoms with van der Waals surface area (Å²) >= 11 is 0. The second-order valence-electron chi connectivity index (χ2n) is 3.67. The average Bonchev–Trinajstić information content (AvgIpc) is 2.61. The van der Waals surface area contributed by atoms with Crippen molar-refractivity contribution in [3.05, 3.63) is 11.7 Å². The molecular weight excluding hydrogens is 208 g/mol. The summed E-state index contributed by atoms with van der Waals surface area (Å²) in [5, 5.41) is 9.59. The van der Waals surface area contributed by atoms with Crippen LogP contribution in [0.5, 0.6) is 0 Å². The maximum Gasteiger partial charge on any atom is 0.223 e. The van der Waals surface area contributed by atoms with Crippen molar-refractivity contribution in [2.45, 2.75) is 39.8 Å². The third-order valence-electron chi connectivity index (χ3n) is 2.06. The zero-order chi connectivity index (χ0) is 12.0. The van der Waals surface area contributed by atoms with Crippen LogP contribution in [0.1, 0.15) is 32.0 Å². The van der Waals surface area contributed by atoms with Gasteiger partial charge in [-0.2, -0.15) is 4.98 Å². The number of hydrogen-bond donors (Lipinski definition) is 2. The Morgan fingerprint density at radius 2 is 2.31 bits per heavy atom. The number of rotatable bonds is 6. The Bertz CT molecular complexity index is 337. The highest BCUT2D eigenvalue weighted by Gasteiger charge is 2.09. The zero-order valence-corrected chi connectivity index (χ0v) is 9.91. The van der Waals surface area contributed by atoms with E-state index >= 15 is 0 Å². The van der Waals surface area contributed by atoms with Crippen molar-refractivity contribution in [1.29, 1.82) is 0 Å². The predicted octanol–water partition coefficient (Wildman–Crippen LogP) is 0.382. The number of nitrogens with zero attached hydrogens (tertiary/aromatic N) is 2. The van der Waals surface area contributed by atoms with Crippen LogP contribution in [0.2, 0.25) is 0 Å². The molecule has 6 heteroatoms. The van der Waals surface area contributed by atoms with E-state index in [0.29, 0.717) is 24.7 Å². The van der Waals surface area contributed by atoms with E-state index in [0.717, 1.165) is 6.54 Å². The third kappa shape index (κ3) is 4.39. The Kier molecular flexibility index (Phi) is 4.91. The van der Waals surface area contributed by atoms with Gasteiger partial charge in [-0.1, -0.05) is 12.1 Å². The smallest absolute Gasteiger partial charge is 0.223 e. The van der Waals surface area contributed by atoms with Gasteiger partial charge in [0, 0.05) is 19.4 Å². The first kappa shape index (κ1) is 12.6. The van der Waals surface area contributed by atoms with Gasteiger partial charge in [0.25, 0.3) is 0 Å². The van der Waals surface area contributed by atoms with Crippen molar-refractivity contribution in [3.63, 3.8) is 0 Å². The van der Waals surface area contributed by atoms with Gasteiger partial charge in [0.2, 0.25) is 11.8 Å². The molecule has 1 atom stereocenters. The third-order valence-corrected chi connectivity index (χ3v) is 2.06. The Morgan fingerprint density at radius 1 is 1.56 bits per heavy atom. The fourth-order valence-corrected chi connectivity index (χ4v) is 1.36. The molecule has 0 spiro atoms. The Hall–Kier alpha value is -1.43. The van der Waals surface area contributed by atoms with Gasteiger partial charge in [0.15, 0.2) is 5.82 Å². The second kappa shape index (κ2) is 6.22. The minimum atomic E-state index is -0.0177. The van der Waals surface area contributed by atoms with E-state index in [9.17, 15) is 4.79 Å². The number of aryl methyl sites for hydroxylation is 1. The molecule has 0 bridgehead atoms. The van der Waals surface area contributed by atoms with E-state index < -0.39 is 0 Å². The van der Waals surface area contributed by atoms with Crippen molar-refractivity contribution in [2.75, 3.05) is 6.54 Å². The molecule has 1 aromatic heterocycles. The quantitative estimate of drug-likeness (QED) is 0.733. The van der Waals surface area contributed by atoms with Gasteiger partial charge in [-0.25, -0.2) is 0 Å². The monoisotopic (exact) mass is 226 g/mol. The molecule has 0 saturated carbocycles. The van der Waals surface area contributed by atoms with Crippen molar-refractivity contribution >= 4 is 5.91 Å². The molecule has 0 aromatic carbocycles. The predicted molar refractivity (Wildman–Crippen MR) is 58.6 cm³/mol. The summed E-state index contributed by atoms with van der Waals surface area (Å²) in [6.07, 6.45) is 0.449. The summed E-state index contributed by atoms with van der Waals surface area (Å²) in [5.41, 5.74) is 0. The maximum absolute atomic E-state index is 11.5. The Morgan fingerprint density at radius 3 is 2.88 bits per heavy atom. The summed E-state index contributed by atoms with van der Waals surface area (Å²) in [6.45, 7) is 6.87. The highest BCUT2D eigenvalue weighted by molar-refractivity contribution is 5.76. The van der Waals surface area contributed by atoms with E-state index in [1.165, 1.54) is 0 Å². The van der Waals surface area contributed by atoms with Gasteiger partial charge >= 0.3 is 0 Å². The number of carbonyl (C=O) groups is 1. The molecule has 90 valence electrons. The van der Waals surface area contributed by atoms with Crippen LogP contribution in [0, 0.1) is 6.92 Å². The summed E-state index contributed by atoms with van der Waals surface area (Å²) < 4.78 is 4.79. The summed E-state index contributed by atoms with van der Waals surface area (Å²) in [4.78, 5) is 15.5. The Balaban J connectivity index is 2.25. The first-order chi connectivity index (χ1) is 7.61. The first-order valence-corrected chi connectivity index (χ1v) is 5.41. The van der Waals surface area contributed by atoms with E-state index in [-0.39, 0.29) is 11.9 Å². The molecule has 0 aliphatic carbocycles. The molecule has 0 fully saturated rings. The van der Waals surface area contributed by atoms with Crippen molar-refractivity contribution in [2.24, 2.45) is 0 Å². The van der Waals surface area contributed by atoms with Crippen LogP contribution in [0.3, 0.4) is 0 Å². The summed E-state index contributed by atoms with van der Waals surface area (Å²) in [6, 6.07) is 0.178. The highest BCUT2D eigenvalue weighted by atomic mass is 16.5. The lowest BCUT2D eigenvalue weighted by atomic mass is 10.2. The van der Waals surface area contributed by atoms with Gasteiger partial charge in [0.05, 0.1) is 6.54 Å². The largest absolute Gasteiger partial charge is 0.349 e. The van der Waals surface area contributed by atoms with Crippen molar-refractivity contribution in [1.82, 2.24) is 20.8 Å². The molecule has 0 radical (unpaired) electrons. The fourth-order valence-electron chi connectivity index (χ4n) is 1.36. The van der Waals surface area contributed by atoms with Crippen LogP contribution in [0.15, 0.2) is 4.52 Å². The minimum Gasteiger partial charge on any atom is -0.349 e. The SMILES string of the molecule is CCNC(C)CC(=O)NCc1noc(C)n1. The molecule has 1 unspecified atom stereocenters. The standard InChI is InChI=1S/C10H18N4O2/c1-4-11-7(2)5-10(15)12-6-9-13-8(3)16-14-9/h7,11H,4-6H2,1-3H3,(H,12,15). The van der Waals surface area contributed by atoms with E-state index in [1.807, 2.05) is 13.8 Å². The van der Waals surface area contributed by atoms with E-state index in [2.05, 4.69) is 20.8 Å². The fraction of sp³-hybridized carbons (Fsp3) is 0.700. The van der Waals surface area contributed by atoms with Crippen molar-refractivity contribution in [3.8, 4) is 0 Å². The number of aromatic nitrogens is 2. The zero-order valence-electron chi connectivity index (χ0n) is 9.91. The van der Waals surface area contributed by atoms with Crippen LogP contribution in [-0.2, 0) is 11.3 Å². The molecule has 0 aliphatic rings. The van der Waals surface area contributed by atoms with Gasteiger partial charge < -0.3 is 15.2 Å². The van der Waals surface area contributed by atoms with Crippen LogP contribution < -0.4 is 10.6 Å². The molecule has 2 N–H and O–H groups in total. The second-order valence-corrected chi connectivity index (χ2v) is 3.67. The molecule has 16 heavy (non-hydrogen) atoms. The highest BCUT2D eigenvalue weighted by Crippen LogP contribution is 1.95. The van der Waals surface area contributed by atoms with E-state index in [1.54, 1.807) is 6.92 Å². The number of hydrogen-bond acceptors (Lipinski definition) is 5. The van der Waals surface area contributed by atoms with Gasteiger partial charge in [-0.15, -0.1) is 0 Å². The molecule has 1 aromatic rings. The van der Waals surface area contributed by atoms with Crippen LogP contribution >= 0.6 is 0 Å². The average molecular weight is 226 g/mol. The Labute approximate surface area is 94.8 Å². The minimum absolute atomic E-state index is 0.0177. The molecule has 6 nitrogen and oxygen atoms in total. The van der Waals surface area contributed by atoms with E-state index in [4.69, 9.17) is 4.52 Å². The molecule has 0 saturated heterocycles. The first-order valence-electron chi connectivity index (χ1n) is 5.41. The van der Waals surface area contributed by atoms with Gasteiger partial charge in [-0.05, 0) is 13.5 Å². The topological polar surface area (TPSA) is 80.0 Å². The maximum atomic E-state index is 11.5. The van der Waals surface area contributed by atoms with Crippen molar-refractivity contribution < 1.29 is 9.32 Å². The van der Waals surface area contributed by atoms with Gasteiger partial charge in [0.1, 0.15) is 0 Å². The molecule has 1 heterocycles. The normalized spacial score (nSPS) is 12.4. The number of carbonyl (C=O) groups excluding carboxylic acids is 1. The van der Waals surface area contributed by atoms with Crippen LogP contribution in [-0.4, -0.2) is 28.6 Å². The number of amides is 1. The van der Waals surface area contributed by atoms with Crippen LogP contribution in [0.25, 0.3) is 0 Å². The lowest BCUT2D eigenvalue weighted by Crippen LogP contribution is -2.33. The summed E-state index contributed by atoms with van der Waals surface area (Å²) in [5.74, 6) is 0.989.